The van der Waals surface area contributed by atoms with Gasteiger partial charge in [0.05, 0.1) is 27.9 Å². The molecule has 0 radical (unpaired) electrons. The summed E-state index contributed by atoms with van der Waals surface area (Å²) in [5.41, 5.74) is 9.17. The van der Waals surface area contributed by atoms with E-state index in [1.807, 2.05) is 24.4 Å². The van der Waals surface area contributed by atoms with Crippen LogP contribution in [0.25, 0.3) is 87.9 Å². The second-order valence-electron chi connectivity index (χ2n) is 11.3. The van der Waals surface area contributed by atoms with Gasteiger partial charge in [-0.15, -0.1) is 0 Å². The number of rotatable bonds is 3. The molecule has 0 aliphatic rings. The first kappa shape index (κ1) is 24.6. The van der Waals surface area contributed by atoms with Crippen LogP contribution in [0.1, 0.15) is 0 Å². The minimum Gasteiger partial charge on any atom is -0.256 e. The van der Waals surface area contributed by atoms with Gasteiger partial charge in [0.1, 0.15) is 0 Å². The molecule has 9 aromatic rings. The van der Waals surface area contributed by atoms with E-state index in [4.69, 9.17) is 9.97 Å². The molecule has 6 aromatic carbocycles. The fraction of sp³-hybridized carbons (Fsp3) is 0. The van der Waals surface area contributed by atoms with Gasteiger partial charge in [0.2, 0.25) is 0 Å². The van der Waals surface area contributed by atoms with E-state index in [2.05, 4.69) is 132 Å². The van der Waals surface area contributed by atoms with Crippen molar-refractivity contribution in [2.75, 3.05) is 0 Å². The molecule has 0 saturated carbocycles. The molecule has 0 N–H and O–H groups in total. The van der Waals surface area contributed by atoms with Crippen LogP contribution in [0.4, 0.5) is 0 Å². The van der Waals surface area contributed by atoms with E-state index in [-0.39, 0.29) is 0 Å². The smallest absolute Gasteiger partial charge is 0.0725 e. The first-order valence-corrected chi connectivity index (χ1v) is 14.8. The standard InChI is InChI=1S/C41H25N3/c1-3-9-33-28(7-1)22-36(35-11-5-4-10-34(33)35)29-15-13-26-17-19-38(43-40(26)23-29)31-16-14-27-18-20-39(44-41(27)24-31)32-21-30-8-2-6-12-37(30)42-25-32/h1-25H. The van der Waals surface area contributed by atoms with Crippen molar-refractivity contribution in [1.82, 2.24) is 15.0 Å². The summed E-state index contributed by atoms with van der Waals surface area (Å²) in [4.78, 5) is 14.8. The molecule has 204 valence electrons. The minimum atomic E-state index is 0.909. The summed E-state index contributed by atoms with van der Waals surface area (Å²) in [6.07, 6.45) is 1.90. The molecular formula is C41H25N3. The van der Waals surface area contributed by atoms with E-state index in [9.17, 15) is 0 Å². The van der Waals surface area contributed by atoms with Gasteiger partial charge in [0.15, 0.2) is 0 Å². The number of fused-ring (bicyclic) bond motifs is 6. The van der Waals surface area contributed by atoms with E-state index in [0.29, 0.717) is 0 Å². The third kappa shape index (κ3) is 4.10. The predicted molar refractivity (Wildman–Crippen MR) is 184 cm³/mol. The fourth-order valence-electron chi connectivity index (χ4n) is 6.39. The van der Waals surface area contributed by atoms with E-state index in [1.165, 1.54) is 27.1 Å². The van der Waals surface area contributed by atoms with E-state index < -0.39 is 0 Å². The van der Waals surface area contributed by atoms with Crippen LogP contribution in [0.3, 0.4) is 0 Å². The summed E-state index contributed by atoms with van der Waals surface area (Å²) in [6, 6.07) is 51.4. The normalized spacial score (nSPS) is 11.6. The molecule has 0 aliphatic heterocycles. The highest BCUT2D eigenvalue weighted by Gasteiger charge is 2.11. The van der Waals surface area contributed by atoms with Crippen LogP contribution in [0.5, 0.6) is 0 Å². The molecule has 3 nitrogen and oxygen atoms in total. The van der Waals surface area contributed by atoms with Crippen LogP contribution in [0.15, 0.2) is 152 Å². The maximum Gasteiger partial charge on any atom is 0.0725 e. The molecule has 0 spiro atoms. The van der Waals surface area contributed by atoms with Gasteiger partial charge in [-0.2, -0.15) is 0 Å². The highest BCUT2D eigenvalue weighted by atomic mass is 14.7. The second kappa shape index (κ2) is 9.82. The molecule has 0 saturated heterocycles. The molecule has 44 heavy (non-hydrogen) atoms. The van der Waals surface area contributed by atoms with Crippen molar-refractivity contribution >= 4 is 54.3 Å². The van der Waals surface area contributed by atoms with E-state index in [0.717, 1.165) is 60.8 Å². The summed E-state index contributed by atoms with van der Waals surface area (Å²) in [6.45, 7) is 0. The lowest BCUT2D eigenvalue weighted by molar-refractivity contribution is 1.35. The average Bonchev–Trinajstić information content (AvgIpc) is 3.10. The van der Waals surface area contributed by atoms with Crippen molar-refractivity contribution in [3.63, 3.8) is 0 Å². The third-order valence-corrected chi connectivity index (χ3v) is 8.65. The van der Waals surface area contributed by atoms with Crippen LogP contribution in [0.2, 0.25) is 0 Å². The van der Waals surface area contributed by atoms with Gasteiger partial charge in [0.25, 0.3) is 0 Å². The van der Waals surface area contributed by atoms with E-state index >= 15 is 0 Å². The van der Waals surface area contributed by atoms with Gasteiger partial charge in [-0.25, -0.2) is 9.97 Å². The molecule has 0 aliphatic carbocycles. The largest absolute Gasteiger partial charge is 0.256 e. The molecule has 3 heterocycles. The molecule has 9 rings (SSSR count). The second-order valence-corrected chi connectivity index (χ2v) is 11.3. The first-order chi connectivity index (χ1) is 21.8. The summed E-state index contributed by atoms with van der Waals surface area (Å²) in [5.74, 6) is 0. The Balaban J connectivity index is 1.14. The van der Waals surface area contributed by atoms with Crippen molar-refractivity contribution in [2.45, 2.75) is 0 Å². The van der Waals surface area contributed by atoms with Gasteiger partial charge in [0, 0.05) is 33.5 Å². The number of para-hydroxylation sites is 1. The summed E-state index contributed by atoms with van der Waals surface area (Å²) < 4.78 is 0. The zero-order valence-electron chi connectivity index (χ0n) is 23.8. The number of nitrogens with zero attached hydrogens (tertiary/aromatic N) is 3. The van der Waals surface area contributed by atoms with Crippen molar-refractivity contribution < 1.29 is 0 Å². The molecule has 3 heteroatoms. The number of hydrogen-bond donors (Lipinski definition) is 0. The number of hydrogen-bond acceptors (Lipinski definition) is 3. The Morgan fingerprint density at radius 3 is 1.73 bits per heavy atom. The fourth-order valence-corrected chi connectivity index (χ4v) is 6.39. The van der Waals surface area contributed by atoms with Gasteiger partial charge < -0.3 is 0 Å². The third-order valence-electron chi connectivity index (χ3n) is 8.65. The van der Waals surface area contributed by atoms with Gasteiger partial charge in [-0.05, 0) is 75.1 Å². The van der Waals surface area contributed by atoms with Crippen molar-refractivity contribution in [3.8, 4) is 33.6 Å². The van der Waals surface area contributed by atoms with Crippen LogP contribution in [-0.4, -0.2) is 15.0 Å². The van der Waals surface area contributed by atoms with Gasteiger partial charge >= 0.3 is 0 Å². The average molecular weight is 560 g/mol. The molecule has 0 fully saturated rings. The molecule has 3 aromatic heterocycles. The minimum absolute atomic E-state index is 0.909. The van der Waals surface area contributed by atoms with Crippen LogP contribution in [-0.2, 0) is 0 Å². The molecule has 0 amide bonds. The van der Waals surface area contributed by atoms with E-state index in [1.54, 1.807) is 0 Å². The Kier molecular flexibility index (Phi) is 5.50. The molecule has 0 bridgehead atoms. The molecule has 0 atom stereocenters. The Hall–Kier alpha value is -5.93. The highest BCUT2D eigenvalue weighted by molar-refractivity contribution is 6.14. The Morgan fingerprint density at radius 2 is 0.932 bits per heavy atom. The monoisotopic (exact) mass is 559 g/mol. The van der Waals surface area contributed by atoms with Crippen LogP contribution in [0, 0.1) is 0 Å². The zero-order valence-corrected chi connectivity index (χ0v) is 23.8. The number of benzene rings is 6. The van der Waals surface area contributed by atoms with Crippen molar-refractivity contribution in [1.29, 1.82) is 0 Å². The lowest BCUT2D eigenvalue weighted by Gasteiger charge is -2.12. The Labute approximate surface area is 254 Å². The highest BCUT2D eigenvalue weighted by Crippen LogP contribution is 2.36. The maximum absolute atomic E-state index is 5.16. The number of pyridine rings is 3. The maximum atomic E-state index is 5.16. The summed E-state index contributed by atoms with van der Waals surface area (Å²) in [7, 11) is 0. The molecule has 0 unspecified atom stereocenters. The van der Waals surface area contributed by atoms with Crippen LogP contribution >= 0.6 is 0 Å². The topological polar surface area (TPSA) is 38.7 Å². The Bertz CT molecular complexity index is 2570. The van der Waals surface area contributed by atoms with Gasteiger partial charge in [-0.3, -0.25) is 4.98 Å². The quantitative estimate of drug-likeness (QED) is 0.202. The van der Waals surface area contributed by atoms with Crippen LogP contribution < -0.4 is 0 Å². The Morgan fingerprint density at radius 1 is 0.341 bits per heavy atom. The SMILES string of the molecule is c1ccc2ncc(-c3ccc4ccc(-c5ccc6ccc(-c7cc8ccccc8c8ccccc78)cc6n5)cc4n3)cc2c1. The van der Waals surface area contributed by atoms with Gasteiger partial charge in [-0.1, -0.05) is 103 Å². The summed E-state index contributed by atoms with van der Waals surface area (Å²) >= 11 is 0. The first-order valence-electron chi connectivity index (χ1n) is 14.8. The van der Waals surface area contributed by atoms with Crippen molar-refractivity contribution in [3.05, 3.63) is 152 Å². The molecular weight excluding hydrogens is 534 g/mol. The zero-order chi connectivity index (χ0) is 29.0. The lowest BCUT2D eigenvalue weighted by Crippen LogP contribution is -1.90. The summed E-state index contributed by atoms with van der Waals surface area (Å²) in [5, 5.41) is 8.36. The lowest BCUT2D eigenvalue weighted by atomic mass is 9.93. The number of aromatic nitrogens is 3. The van der Waals surface area contributed by atoms with Crippen molar-refractivity contribution in [2.24, 2.45) is 0 Å². The predicted octanol–water partition coefficient (Wildman–Crippen LogP) is 10.6.